The molecule has 0 spiro atoms. The quantitative estimate of drug-likeness (QED) is 0.757. The van der Waals surface area contributed by atoms with E-state index in [4.69, 9.17) is 10.8 Å². The summed E-state index contributed by atoms with van der Waals surface area (Å²) in [6.07, 6.45) is 0. The molecule has 4 nitrogen and oxygen atoms in total. The van der Waals surface area contributed by atoms with Crippen LogP contribution in [0.4, 0.5) is 5.69 Å². The number of hydrogen-bond acceptors (Lipinski definition) is 3. The Bertz CT molecular complexity index is 283. The first-order valence-corrected chi connectivity index (χ1v) is 3.97. The Hall–Kier alpha value is -0.970. The van der Waals surface area contributed by atoms with Gasteiger partial charge in [-0.2, -0.15) is 0 Å². The molecule has 1 rings (SSSR count). The van der Waals surface area contributed by atoms with Gasteiger partial charge in [0, 0.05) is 12.2 Å². The molecular formula is C9H14Cl2N2O2. The molecule has 0 fully saturated rings. The van der Waals surface area contributed by atoms with Crippen LogP contribution < -0.4 is 11.1 Å². The van der Waals surface area contributed by atoms with E-state index in [1.54, 1.807) is 0 Å². The molecule has 15 heavy (non-hydrogen) atoms. The van der Waals surface area contributed by atoms with Crippen LogP contribution in [-0.4, -0.2) is 23.7 Å². The second-order valence-electron chi connectivity index (χ2n) is 2.69. The van der Waals surface area contributed by atoms with Gasteiger partial charge in [-0.05, 0) is 12.1 Å². The molecule has 0 saturated heterocycles. The first kappa shape index (κ1) is 16.5. The number of carbonyl (C=O) groups is 1. The van der Waals surface area contributed by atoms with E-state index < -0.39 is 12.0 Å². The van der Waals surface area contributed by atoms with Crippen LogP contribution in [-0.2, 0) is 4.79 Å². The third-order valence-electron chi connectivity index (χ3n) is 1.62. The first-order valence-electron chi connectivity index (χ1n) is 3.97. The molecule has 0 aliphatic heterocycles. The van der Waals surface area contributed by atoms with Crippen LogP contribution in [0.2, 0.25) is 0 Å². The Kier molecular flexibility index (Phi) is 9.16. The lowest BCUT2D eigenvalue weighted by molar-refractivity contribution is -0.138. The van der Waals surface area contributed by atoms with Gasteiger partial charge in [0.1, 0.15) is 6.04 Å². The lowest BCUT2D eigenvalue weighted by Crippen LogP contribution is -2.36. The lowest BCUT2D eigenvalue weighted by atomic mass is 10.3. The van der Waals surface area contributed by atoms with E-state index in [1.807, 2.05) is 30.3 Å². The largest absolute Gasteiger partial charge is 0.480 e. The maximum atomic E-state index is 10.4. The van der Waals surface area contributed by atoms with Crippen molar-refractivity contribution in [2.75, 3.05) is 11.9 Å². The van der Waals surface area contributed by atoms with E-state index in [0.717, 1.165) is 5.69 Å². The number of aliphatic carboxylic acids is 1. The normalized spacial score (nSPS) is 10.5. The third-order valence-corrected chi connectivity index (χ3v) is 1.62. The summed E-state index contributed by atoms with van der Waals surface area (Å²) in [5, 5.41) is 11.4. The molecule has 0 aromatic heterocycles. The van der Waals surface area contributed by atoms with Crippen LogP contribution >= 0.6 is 24.8 Å². The van der Waals surface area contributed by atoms with Crippen LogP contribution in [0.3, 0.4) is 0 Å². The second kappa shape index (κ2) is 8.35. The van der Waals surface area contributed by atoms with Gasteiger partial charge in [0.15, 0.2) is 0 Å². The minimum atomic E-state index is -0.997. The number of halogens is 2. The molecule has 1 atom stereocenters. The standard InChI is InChI=1S/C9H12N2O2.2ClH/c10-8(9(12)13)6-11-7-4-2-1-3-5-7;;/h1-5,8,11H,6,10H2,(H,12,13);2*1H. The third kappa shape index (κ3) is 6.17. The lowest BCUT2D eigenvalue weighted by Gasteiger charge is -2.08. The van der Waals surface area contributed by atoms with Gasteiger partial charge in [0.2, 0.25) is 0 Å². The highest BCUT2D eigenvalue weighted by atomic mass is 35.5. The summed E-state index contributed by atoms with van der Waals surface area (Å²) < 4.78 is 0. The van der Waals surface area contributed by atoms with E-state index in [2.05, 4.69) is 5.32 Å². The summed E-state index contributed by atoms with van der Waals surface area (Å²) in [5.74, 6) is -0.997. The monoisotopic (exact) mass is 252 g/mol. The molecule has 4 N–H and O–H groups in total. The Morgan fingerprint density at radius 3 is 2.33 bits per heavy atom. The fourth-order valence-electron chi connectivity index (χ4n) is 0.871. The van der Waals surface area contributed by atoms with Gasteiger partial charge in [-0.25, -0.2) is 0 Å². The fraction of sp³-hybridized carbons (Fsp3) is 0.222. The van der Waals surface area contributed by atoms with Gasteiger partial charge >= 0.3 is 5.97 Å². The highest BCUT2D eigenvalue weighted by Crippen LogP contribution is 2.03. The molecule has 0 radical (unpaired) electrons. The predicted molar refractivity (Wildman–Crippen MR) is 65.0 cm³/mol. The minimum absolute atomic E-state index is 0. The molecule has 0 amide bonds. The summed E-state index contributed by atoms with van der Waals surface area (Å²) in [7, 11) is 0. The van der Waals surface area contributed by atoms with Crippen molar-refractivity contribution in [2.24, 2.45) is 5.73 Å². The van der Waals surface area contributed by atoms with E-state index in [1.165, 1.54) is 0 Å². The van der Waals surface area contributed by atoms with Gasteiger partial charge in [0.25, 0.3) is 0 Å². The number of benzene rings is 1. The average Bonchev–Trinajstić information content (AvgIpc) is 2.15. The smallest absolute Gasteiger partial charge is 0.322 e. The van der Waals surface area contributed by atoms with Gasteiger partial charge in [-0.1, -0.05) is 18.2 Å². The van der Waals surface area contributed by atoms with Crippen LogP contribution in [0.25, 0.3) is 0 Å². The Labute approximate surface area is 101 Å². The van der Waals surface area contributed by atoms with Crippen molar-refractivity contribution in [1.82, 2.24) is 0 Å². The number of nitrogens with two attached hydrogens (primary N) is 1. The predicted octanol–water partition coefficient (Wildman–Crippen LogP) is 1.35. The van der Waals surface area contributed by atoms with E-state index in [0.29, 0.717) is 0 Å². The van der Waals surface area contributed by atoms with Gasteiger partial charge in [-0.3, -0.25) is 4.79 Å². The summed E-state index contributed by atoms with van der Waals surface area (Å²) in [4.78, 5) is 10.4. The van der Waals surface area contributed by atoms with E-state index >= 15 is 0 Å². The summed E-state index contributed by atoms with van der Waals surface area (Å²) in [5.41, 5.74) is 6.18. The number of carboxylic acid groups (broad SMARTS) is 1. The van der Waals surface area contributed by atoms with Gasteiger partial charge in [0.05, 0.1) is 0 Å². The summed E-state index contributed by atoms with van der Waals surface area (Å²) in [6, 6.07) is 8.48. The van der Waals surface area contributed by atoms with Gasteiger partial charge < -0.3 is 16.2 Å². The zero-order chi connectivity index (χ0) is 9.68. The summed E-state index contributed by atoms with van der Waals surface area (Å²) >= 11 is 0. The second-order valence-corrected chi connectivity index (χ2v) is 2.69. The van der Waals surface area contributed by atoms with Crippen LogP contribution in [0.5, 0.6) is 0 Å². The maximum absolute atomic E-state index is 10.4. The number of hydrogen-bond donors (Lipinski definition) is 3. The number of anilines is 1. The zero-order valence-electron chi connectivity index (χ0n) is 7.92. The van der Waals surface area contributed by atoms with Crippen molar-refractivity contribution >= 4 is 36.5 Å². The summed E-state index contributed by atoms with van der Waals surface area (Å²) in [6.45, 7) is 0.235. The molecule has 1 unspecified atom stereocenters. The average molecular weight is 253 g/mol. The van der Waals surface area contributed by atoms with Crippen molar-refractivity contribution in [3.63, 3.8) is 0 Å². The topological polar surface area (TPSA) is 75.3 Å². The molecule has 0 aliphatic rings. The molecule has 86 valence electrons. The van der Waals surface area contributed by atoms with Gasteiger partial charge in [-0.15, -0.1) is 24.8 Å². The SMILES string of the molecule is Cl.Cl.NC(CNc1ccccc1)C(=O)O. The van der Waals surface area contributed by atoms with Crippen molar-refractivity contribution < 1.29 is 9.90 Å². The van der Waals surface area contributed by atoms with Crippen LogP contribution in [0.1, 0.15) is 0 Å². The number of para-hydroxylation sites is 1. The number of rotatable bonds is 4. The molecule has 6 heteroatoms. The fourth-order valence-corrected chi connectivity index (χ4v) is 0.871. The molecule has 0 aliphatic carbocycles. The number of carboxylic acids is 1. The van der Waals surface area contributed by atoms with Crippen molar-refractivity contribution in [1.29, 1.82) is 0 Å². The molecule has 0 saturated carbocycles. The molecular weight excluding hydrogens is 239 g/mol. The molecule has 1 aromatic carbocycles. The van der Waals surface area contributed by atoms with Crippen molar-refractivity contribution in [3.05, 3.63) is 30.3 Å². The Morgan fingerprint density at radius 2 is 1.87 bits per heavy atom. The maximum Gasteiger partial charge on any atom is 0.322 e. The van der Waals surface area contributed by atoms with Crippen molar-refractivity contribution in [2.45, 2.75) is 6.04 Å². The van der Waals surface area contributed by atoms with Crippen LogP contribution in [0, 0.1) is 0 Å². The Morgan fingerprint density at radius 1 is 1.33 bits per heavy atom. The minimum Gasteiger partial charge on any atom is -0.480 e. The van der Waals surface area contributed by atoms with E-state index in [-0.39, 0.29) is 31.4 Å². The molecule has 0 bridgehead atoms. The van der Waals surface area contributed by atoms with Crippen LogP contribution in [0.15, 0.2) is 30.3 Å². The van der Waals surface area contributed by atoms with E-state index in [9.17, 15) is 4.79 Å². The highest BCUT2D eigenvalue weighted by Gasteiger charge is 2.09. The highest BCUT2D eigenvalue weighted by molar-refractivity contribution is 5.85. The zero-order valence-corrected chi connectivity index (χ0v) is 9.55. The van der Waals surface area contributed by atoms with Crippen molar-refractivity contribution in [3.8, 4) is 0 Å². The molecule has 0 heterocycles. The first-order chi connectivity index (χ1) is 6.20. The number of nitrogens with one attached hydrogen (secondary N) is 1. The molecule has 1 aromatic rings. The Balaban J connectivity index is 0.